The molecule has 2 aromatic carbocycles. The van der Waals surface area contributed by atoms with Gasteiger partial charge in [0, 0.05) is 30.2 Å². The van der Waals surface area contributed by atoms with Crippen molar-refractivity contribution in [3.63, 3.8) is 0 Å². The van der Waals surface area contributed by atoms with Gasteiger partial charge in [0.05, 0.1) is 5.92 Å². The Hall–Kier alpha value is -2.93. The molecule has 6 nitrogen and oxygen atoms in total. The number of esters is 1. The zero-order valence-electron chi connectivity index (χ0n) is 17.1. The van der Waals surface area contributed by atoms with E-state index < -0.39 is 23.8 Å². The number of nitrogens with zero attached hydrogens (tertiary/aromatic N) is 1. The minimum absolute atomic E-state index is 0.195. The quantitative estimate of drug-likeness (QED) is 0.688. The highest BCUT2D eigenvalue weighted by Gasteiger charge is 2.30. The number of ether oxygens (including phenoxy) is 1. The Bertz CT molecular complexity index is 943. The molecular weight excluding hydrogens is 423 g/mol. The van der Waals surface area contributed by atoms with Gasteiger partial charge in [-0.25, -0.2) is 4.39 Å². The first kappa shape index (κ1) is 22.7. The van der Waals surface area contributed by atoms with Crippen LogP contribution in [0, 0.1) is 11.7 Å². The summed E-state index contributed by atoms with van der Waals surface area (Å²) in [5.41, 5.74) is 1.18. The van der Waals surface area contributed by atoms with E-state index in [4.69, 9.17) is 16.3 Å². The zero-order valence-corrected chi connectivity index (χ0v) is 17.9. The van der Waals surface area contributed by atoms with Crippen molar-refractivity contribution in [2.45, 2.75) is 32.4 Å². The van der Waals surface area contributed by atoms with Crippen LogP contribution in [0.5, 0.6) is 0 Å². The van der Waals surface area contributed by atoms with Gasteiger partial charge < -0.3 is 15.0 Å². The highest BCUT2D eigenvalue weighted by molar-refractivity contribution is 6.31. The van der Waals surface area contributed by atoms with E-state index in [-0.39, 0.29) is 18.4 Å². The molecule has 1 fully saturated rings. The average Bonchev–Trinajstić information content (AvgIpc) is 2.78. The van der Waals surface area contributed by atoms with Gasteiger partial charge in [0.25, 0.3) is 11.8 Å². The molecular formula is C23H24ClFN2O4. The molecule has 1 saturated heterocycles. The Morgan fingerprint density at radius 3 is 2.42 bits per heavy atom. The fraction of sp³-hybridized carbons (Fsp3) is 0.348. The van der Waals surface area contributed by atoms with E-state index in [9.17, 15) is 18.8 Å². The Labute approximate surface area is 185 Å². The standard InChI is InChI=1S/C23H24ClFN2O4/c1-15(21(28)26-14-18-4-2-3-5-20(18)24)31-23(30)17-10-12-27(13-11-17)22(29)16-6-8-19(25)9-7-16/h2-9,15,17H,10-14H2,1H3,(H,26,28). The largest absolute Gasteiger partial charge is 0.452 e. The summed E-state index contributed by atoms with van der Waals surface area (Å²) in [6, 6.07) is 12.5. The Morgan fingerprint density at radius 1 is 1.13 bits per heavy atom. The number of rotatable bonds is 6. The highest BCUT2D eigenvalue weighted by Crippen LogP contribution is 2.21. The van der Waals surface area contributed by atoms with Gasteiger partial charge in [-0.3, -0.25) is 14.4 Å². The van der Waals surface area contributed by atoms with E-state index in [0.717, 1.165) is 5.56 Å². The Morgan fingerprint density at radius 2 is 1.77 bits per heavy atom. The van der Waals surface area contributed by atoms with Gasteiger partial charge in [-0.15, -0.1) is 0 Å². The van der Waals surface area contributed by atoms with Crippen molar-refractivity contribution in [2.75, 3.05) is 13.1 Å². The number of hydrogen-bond acceptors (Lipinski definition) is 4. The van der Waals surface area contributed by atoms with E-state index in [0.29, 0.717) is 36.5 Å². The van der Waals surface area contributed by atoms with Crippen LogP contribution in [0.3, 0.4) is 0 Å². The third-order valence-corrected chi connectivity index (χ3v) is 5.65. The van der Waals surface area contributed by atoms with Crippen LogP contribution >= 0.6 is 11.6 Å². The fourth-order valence-corrected chi connectivity index (χ4v) is 3.59. The second-order valence-electron chi connectivity index (χ2n) is 7.46. The molecule has 1 aliphatic rings. The topological polar surface area (TPSA) is 75.7 Å². The van der Waals surface area contributed by atoms with Gasteiger partial charge in [0.15, 0.2) is 6.10 Å². The van der Waals surface area contributed by atoms with Gasteiger partial charge >= 0.3 is 5.97 Å². The van der Waals surface area contributed by atoms with Gasteiger partial charge in [-0.1, -0.05) is 29.8 Å². The molecule has 1 aliphatic heterocycles. The number of halogens is 2. The Kier molecular flexibility index (Phi) is 7.63. The normalized spacial score (nSPS) is 15.3. The summed E-state index contributed by atoms with van der Waals surface area (Å²) in [5.74, 6) is -1.83. The lowest BCUT2D eigenvalue weighted by atomic mass is 9.96. The van der Waals surface area contributed by atoms with Crippen LogP contribution in [-0.4, -0.2) is 41.9 Å². The number of nitrogens with one attached hydrogen (secondary N) is 1. The van der Waals surface area contributed by atoms with Crippen molar-refractivity contribution in [3.05, 3.63) is 70.5 Å². The number of piperidine rings is 1. The molecule has 2 amide bonds. The van der Waals surface area contributed by atoms with E-state index in [1.54, 1.807) is 23.1 Å². The summed E-state index contributed by atoms with van der Waals surface area (Å²) in [4.78, 5) is 38.8. The van der Waals surface area contributed by atoms with Crippen LogP contribution in [0.2, 0.25) is 5.02 Å². The van der Waals surface area contributed by atoms with E-state index >= 15 is 0 Å². The number of hydrogen-bond donors (Lipinski definition) is 1. The molecule has 0 saturated carbocycles. The molecule has 3 rings (SSSR count). The summed E-state index contributed by atoms with van der Waals surface area (Å²) in [7, 11) is 0. The predicted molar refractivity (Wildman–Crippen MR) is 114 cm³/mol. The second-order valence-corrected chi connectivity index (χ2v) is 7.87. The van der Waals surface area contributed by atoms with Crippen molar-refractivity contribution in [1.29, 1.82) is 0 Å². The lowest BCUT2D eigenvalue weighted by Gasteiger charge is -2.31. The molecule has 0 bridgehead atoms. The SMILES string of the molecule is CC(OC(=O)C1CCN(C(=O)c2ccc(F)cc2)CC1)C(=O)NCc1ccccc1Cl. The molecule has 1 unspecified atom stereocenters. The molecule has 0 radical (unpaired) electrons. The number of likely N-dealkylation sites (tertiary alicyclic amines) is 1. The van der Waals surface area contributed by atoms with Gasteiger partial charge in [-0.2, -0.15) is 0 Å². The zero-order chi connectivity index (χ0) is 22.4. The van der Waals surface area contributed by atoms with E-state index in [1.165, 1.54) is 31.2 Å². The minimum Gasteiger partial charge on any atom is -0.452 e. The number of amides is 2. The molecule has 1 heterocycles. The van der Waals surface area contributed by atoms with Gasteiger partial charge in [0.1, 0.15) is 5.82 Å². The summed E-state index contributed by atoms with van der Waals surface area (Å²) in [6.45, 7) is 2.55. The lowest BCUT2D eigenvalue weighted by molar-refractivity contribution is -0.160. The number of carbonyl (C=O) groups excluding carboxylic acids is 3. The number of carbonyl (C=O) groups is 3. The molecule has 8 heteroatoms. The maximum absolute atomic E-state index is 13.0. The first-order chi connectivity index (χ1) is 14.8. The smallest absolute Gasteiger partial charge is 0.309 e. The van der Waals surface area contributed by atoms with Crippen molar-refractivity contribution in [3.8, 4) is 0 Å². The van der Waals surface area contributed by atoms with Crippen LogP contribution in [0.15, 0.2) is 48.5 Å². The van der Waals surface area contributed by atoms with Crippen LogP contribution in [0.25, 0.3) is 0 Å². The maximum atomic E-state index is 13.0. The molecule has 0 aliphatic carbocycles. The van der Waals surface area contributed by atoms with Crippen molar-refractivity contribution in [2.24, 2.45) is 5.92 Å². The molecule has 31 heavy (non-hydrogen) atoms. The summed E-state index contributed by atoms with van der Waals surface area (Å²) >= 11 is 6.07. The minimum atomic E-state index is -0.936. The maximum Gasteiger partial charge on any atom is 0.309 e. The summed E-state index contributed by atoms with van der Waals surface area (Å²) < 4.78 is 18.4. The monoisotopic (exact) mass is 446 g/mol. The molecule has 1 atom stereocenters. The highest BCUT2D eigenvalue weighted by atomic mass is 35.5. The predicted octanol–water partition coefficient (Wildman–Crippen LogP) is 3.58. The molecule has 0 spiro atoms. The first-order valence-corrected chi connectivity index (χ1v) is 10.5. The van der Waals surface area contributed by atoms with Gasteiger partial charge in [-0.05, 0) is 55.7 Å². The van der Waals surface area contributed by atoms with E-state index in [2.05, 4.69) is 5.32 Å². The number of benzene rings is 2. The van der Waals surface area contributed by atoms with Crippen LogP contribution in [0.1, 0.15) is 35.7 Å². The molecule has 0 aromatic heterocycles. The molecule has 2 aromatic rings. The first-order valence-electron chi connectivity index (χ1n) is 10.1. The molecule has 1 N–H and O–H groups in total. The van der Waals surface area contributed by atoms with Crippen LogP contribution < -0.4 is 5.32 Å². The van der Waals surface area contributed by atoms with Crippen molar-refractivity contribution >= 4 is 29.4 Å². The fourth-order valence-electron chi connectivity index (χ4n) is 3.39. The van der Waals surface area contributed by atoms with E-state index in [1.807, 2.05) is 6.07 Å². The van der Waals surface area contributed by atoms with Crippen LogP contribution in [0.4, 0.5) is 4.39 Å². The summed E-state index contributed by atoms with van der Waals surface area (Å²) in [6.07, 6.45) is -0.0479. The summed E-state index contributed by atoms with van der Waals surface area (Å²) in [5, 5.41) is 3.26. The molecule has 164 valence electrons. The Balaban J connectivity index is 1.44. The lowest BCUT2D eigenvalue weighted by Crippen LogP contribution is -2.42. The van der Waals surface area contributed by atoms with Crippen molar-refractivity contribution in [1.82, 2.24) is 10.2 Å². The average molecular weight is 447 g/mol. The third-order valence-electron chi connectivity index (χ3n) is 5.28. The van der Waals surface area contributed by atoms with Crippen LogP contribution in [-0.2, 0) is 20.9 Å². The van der Waals surface area contributed by atoms with Gasteiger partial charge in [0.2, 0.25) is 0 Å². The third kappa shape index (κ3) is 6.04. The van der Waals surface area contributed by atoms with Crippen molar-refractivity contribution < 1.29 is 23.5 Å². The second kappa shape index (κ2) is 10.4.